The molecule has 144 valence electrons. The molecule has 0 bridgehead atoms. The van der Waals surface area contributed by atoms with Crippen molar-refractivity contribution < 1.29 is 0 Å². The molecule has 0 saturated heterocycles. The van der Waals surface area contributed by atoms with E-state index in [1.165, 1.54) is 0 Å². The third kappa shape index (κ3) is 3.61. The minimum Gasteiger partial charge on any atom is -0.356 e. The molecular weight excluding hydrogens is 336 g/mol. The Morgan fingerprint density at radius 1 is 1.04 bits per heavy atom. The number of pyridine rings is 1. The number of nitrogens with zero attached hydrogens (tertiary/aromatic N) is 5. The van der Waals surface area contributed by atoms with E-state index in [1.54, 1.807) is 0 Å². The summed E-state index contributed by atoms with van der Waals surface area (Å²) in [5.74, 6) is 2.00. The van der Waals surface area contributed by atoms with Crippen molar-refractivity contribution in [3.63, 3.8) is 0 Å². The van der Waals surface area contributed by atoms with Gasteiger partial charge in [0.15, 0.2) is 5.65 Å². The van der Waals surface area contributed by atoms with Crippen LogP contribution in [0.5, 0.6) is 0 Å². The molecule has 0 aliphatic heterocycles. The molecule has 0 aromatic carbocycles. The SMILES string of the molecule is CCCN(CCC)c1c(C)c(Nc2c(C)cnc(C)c2C)nc2ccnn12. The van der Waals surface area contributed by atoms with Crippen molar-refractivity contribution in [1.82, 2.24) is 19.6 Å². The molecule has 0 spiro atoms. The second-order valence-corrected chi connectivity index (χ2v) is 7.15. The maximum atomic E-state index is 4.85. The molecule has 0 unspecified atom stereocenters. The quantitative estimate of drug-likeness (QED) is 0.655. The van der Waals surface area contributed by atoms with E-state index >= 15 is 0 Å². The Labute approximate surface area is 161 Å². The Balaban J connectivity index is 2.15. The van der Waals surface area contributed by atoms with E-state index in [4.69, 9.17) is 4.98 Å². The summed E-state index contributed by atoms with van der Waals surface area (Å²) in [6, 6.07) is 1.96. The predicted molar refractivity (Wildman–Crippen MR) is 112 cm³/mol. The smallest absolute Gasteiger partial charge is 0.159 e. The van der Waals surface area contributed by atoms with Crippen LogP contribution in [0.25, 0.3) is 5.65 Å². The van der Waals surface area contributed by atoms with Crippen LogP contribution in [0.4, 0.5) is 17.3 Å². The molecule has 3 aromatic rings. The van der Waals surface area contributed by atoms with Crippen LogP contribution in [0, 0.1) is 27.7 Å². The molecule has 0 fully saturated rings. The van der Waals surface area contributed by atoms with Crippen molar-refractivity contribution in [3.05, 3.63) is 40.8 Å². The Morgan fingerprint density at radius 3 is 2.41 bits per heavy atom. The van der Waals surface area contributed by atoms with Gasteiger partial charge in [0, 0.05) is 42.3 Å². The second-order valence-electron chi connectivity index (χ2n) is 7.15. The van der Waals surface area contributed by atoms with E-state index in [0.29, 0.717) is 0 Å². The van der Waals surface area contributed by atoms with Gasteiger partial charge in [-0.05, 0) is 51.7 Å². The maximum Gasteiger partial charge on any atom is 0.159 e. The summed E-state index contributed by atoms with van der Waals surface area (Å²) in [4.78, 5) is 11.7. The lowest BCUT2D eigenvalue weighted by molar-refractivity contribution is 0.712. The van der Waals surface area contributed by atoms with Crippen LogP contribution in [0.3, 0.4) is 0 Å². The Morgan fingerprint density at radius 2 is 1.74 bits per heavy atom. The standard InChI is InChI=1S/C21H30N6/c1-7-11-26(12-8-2)21-16(5)20(24-18-9-10-23-27(18)21)25-19-14(3)13-22-17(6)15(19)4/h9-10,13H,7-8,11-12H2,1-6H3,(H,22,24,25). The topological polar surface area (TPSA) is 58.3 Å². The first-order valence-electron chi connectivity index (χ1n) is 9.77. The highest BCUT2D eigenvalue weighted by molar-refractivity contribution is 5.72. The Bertz CT molecular complexity index is 937. The molecule has 3 aromatic heterocycles. The van der Waals surface area contributed by atoms with Gasteiger partial charge in [-0.3, -0.25) is 4.98 Å². The van der Waals surface area contributed by atoms with Crippen molar-refractivity contribution in [3.8, 4) is 0 Å². The maximum absolute atomic E-state index is 4.85. The molecule has 27 heavy (non-hydrogen) atoms. The molecule has 6 heteroatoms. The van der Waals surface area contributed by atoms with Crippen molar-refractivity contribution in [2.24, 2.45) is 0 Å². The lowest BCUT2D eigenvalue weighted by atomic mass is 10.1. The number of aromatic nitrogens is 4. The molecule has 6 nitrogen and oxygen atoms in total. The summed E-state index contributed by atoms with van der Waals surface area (Å²) in [6.07, 6.45) is 5.92. The molecule has 0 aliphatic carbocycles. The van der Waals surface area contributed by atoms with Gasteiger partial charge in [-0.1, -0.05) is 13.8 Å². The number of anilines is 3. The summed E-state index contributed by atoms with van der Waals surface area (Å²) in [6.45, 7) is 14.8. The van der Waals surface area contributed by atoms with Crippen molar-refractivity contribution in [2.45, 2.75) is 54.4 Å². The van der Waals surface area contributed by atoms with E-state index in [0.717, 1.165) is 71.3 Å². The molecule has 3 heterocycles. The summed E-state index contributed by atoms with van der Waals surface area (Å²) in [5.41, 5.74) is 6.37. The molecule has 0 aliphatic rings. The average molecular weight is 367 g/mol. The van der Waals surface area contributed by atoms with E-state index in [-0.39, 0.29) is 0 Å². The Hall–Kier alpha value is -2.63. The highest BCUT2D eigenvalue weighted by Crippen LogP contribution is 2.31. The van der Waals surface area contributed by atoms with E-state index < -0.39 is 0 Å². The highest BCUT2D eigenvalue weighted by atomic mass is 15.4. The van der Waals surface area contributed by atoms with Crippen LogP contribution in [0.2, 0.25) is 0 Å². The third-order valence-electron chi connectivity index (χ3n) is 5.03. The van der Waals surface area contributed by atoms with Gasteiger partial charge in [-0.15, -0.1) is 0 Å². The minimum atomic E-state index is 0.858. The fourth-order valence-electron chi connectivity index (χ4n) is 3.51. The van der Waals surface area contributed by atoms with Gasteiger partial charge in [-0.2, -0.15) is 9.61 Å². The van der Waals surface area contributed by atoms with Crippen LogP contribution >= 0.6 is 0 Å². The van der Waals surface area contributed by atoms with Gasteiger partial charge in [0.2, 0.25) is 0 Å². The van der Waals surface area contributed by atoms with Crippen LogP contribution in [-0.4, -0.2) is 32.7 Å². The predicted octanol–water partition coefficient (Wildman–Crippen LogP) is 4.73. The van der Waals surface area contributed by atoms with Gasteiger partial charge in [-0.25, -0.2) is 4.98 Å². The summed E-state index contributed by atoms with van der Waals surface area (Å²) in [5, 5.41) is 8.13. The van der Waals surface area contributed by atoms with Crippen molar-refractivity contribution in [1.29, 1.82) is 0 Å². The molecule has 0 radical (unpaired) electrons. The number of fused-ring (bicyclic) bond motifs is 1. The zero-order chi connectivity index (χ0) is 19.6. The summed E-state index contributed by atoms with van der Waals surface area (Å²) >= 11 is 0. The molecule has 3 rings (SSSR count). The number of nitrogens with one attached hydrogen (secondary N) is 1. The summed E-state index contributed by atoms with van der Waals surface area (Å²) < 4.78 is 1.96. The van der Waals surface area contributed by atoms with E-state index in [1.807, 2.05) is 29.9 Å². The molecule has 0 saturated carbocycles. The van der Waals surface area contributed by atoms with E-state index in [9.17, 15) is 0 Å². The van der Waals surface area contributed by atoms with Gasteiger partial charge in [0.05, 0.1) is 6.20 Å². The third-order valence-corrected chi connectivity index (χ3v) is 5.03. The van der Waals surface area contributed by atoms with Gasteiger partial charge >= 0.3 is 0 Å². The lowest BCUT2D eigenvalue weighted by Crippen LogP contribution is -2.28. The number of aryl methyl sites for hydroxylation is 2. The van der Waals surface area contributed by atoms with Gasteiger partial charge < -0.3 is 10.2 Å². The van der Waals surface area contributed by atoms with Crippen LogP contribution in [0.15, 0.2) is 18.5 Å². The van der Waals surface area contributed by atoms with Crippen LogP contribution in [0.1, 0.15) is 49.1 Å². The lowest BCUT2D eigenvalue weighted by Gasteiger charge is -2.27. The Kier molecular flexibility index (Phi) is 5.63. The molecule has 0 amide bonds. The zero-order valence-electron chi connectivity index (χ0n) is 17.3. The fourth-order valence-corrected chi connectivity index (χ4v) is 3.51. The van der Waals surface area contributed by atoms with Crippen LogP contribution in [-0.2, 0) is 0 Å². The fraction of sp³-hybridized carbons (Fsp3) is 0.476. The second kappa shape index (κ2) is 7.94. The first-order valence-corrected chi connectivity index (χ1v) is 9.77. The first-order chi connectivity index (χ1) is 13.0. The molecular formula is C21H30N6. The van der Waals surface area contributed by atoms with Crippen LogP contribution < -0.4 is 10.2 Å². The number of hydrogen-bond donors (Lipinski definition) is 1. The minimum absolute atomic E-state index is 0.858. The monoisotopic (exact) mass is 366 g/mol. The van der Waals surface area contributed by atoms with Crippen molar-refractivity contribution in [2.75, 3.05) is 23.3 Å². The van der Waals surface area contributed by atoms with Gasteiger partial charge in [0.1, 0.15) is 11.6 Å². The normalized spacial score (nSPS) is 11.2. The van der Waals surface area contributed by atoms with Crippen molar-refractivity contribution >= 4 is 23.0 Å². The summed E-state index contributed by atoms with van der Waals surface area (Å²) in [7, 11) is 0. The zero-order valence-corrected chi connectivity index (χ0v) is 17.3. The molecule has 0 atom stereocenters. The highest BCUT2D eigenvalue weighted by Gasteiger charge is 2.19. The van der Waals surface area contributed by atoms with Gasteiger partial charge in [0.25, 0.3) is 0 Å². The number of hydrogen-bond acceptors (Lipinski definition) is 5. The average Bonchev–Trinajstić information content (AvgIpc) is 3.10. The largest absolute Gasteiger partial charge is 0.356 e. The molecule has 1 N–H and O–H groups in total. The first kappa shape index (κ1) is 19.1. The number of rotatable bonds is 7. The van der Waals surface area contributed by atoms with E-state index in [2.05, 4.69) is 54.9 Å².